The molecule has 0 aliphatic heterocycles. The summed E-state index contributed by atoms with van der Waals surface area (Å²) in [5.74, 6) is -0.688. The number of sulfonamides is 1. The van der Waals surface area contributed by atoms with E-state index in [1.807, 2.05) is 13.8 Å². The van der Waals surface area contributed by atoms with Gasteiger partial charge in [-0.2, -0.15) is 8.42 Å². The summed E-state index contributed by atoms with van der Waals surface area (Å²) < 4.78 is 33.0. The van der Waals surface area contributed by atoms with E-state index in [4.69, 9.17) is 4.74 Å². The lowest BCUT2D eigenvalue weighted by Gasteiger charge is -2.04. The van der Waals surface area contributed by atoms with Crippen molar-refractivity contribution in [1.82, 2.24) is 19.5 Å². The first-order valence-corrected chi connectivity index (χ1v) is 8.10. The quantitative estimate of drug-likeness (QED) is 0.769. The first-order valence-electron chi connectivity index (χ1n) is 6.62. The highest BCUT2D eigenvalue weighted by Crippen LogP contribution is 2.14. The van der Waals surface area contributed by atoms with Crippen LogP contribution in [-0.4, -0.2) is 40.5 Å². The molecule has 2 aromatic heterocycles. The van der Waals surface area contributed by atoms with Gasteiger partial charge >= 0.3 is 5.97 Å². The second-order valence-electron chi connectivity index (χ2n) is 4.72. The zero-order valence-electron chi connectivity index (χ0n) is 12.4. The van der Waals surface area contributed by atoms with E-state index in [0.717, 1.165) is 0 Å². The number of rotatable bonds is 6. The van der Waals surface area contributed by atoms with Gasteiger partial charge in [0.15, 0.2) is 5.03 Å². The van der Waals surface area contributed by atoms with Crippen molar-refractivity contribution in [2.75, 3.05) is 11.3 Å². The lowest BCUT2D eigenvalue weighted by atomic mass is 10.4. The van der Waals surface area contributed by atoms with Crippen molar-refractivity contribution in [2.45, 2.75) is 31.8 Å². The molecule has 120 valence electrons. The SMILES string of the molecule is CCOC(=O)c1cnc(NS(=O)(=O)c2cn(C(C)C)cn2)[nH]1. The van der Waals surface area contributed by atoms with E-state index in [1.54, 1.807) is 11.5 Å². The highest BCUT2D eigenvalue weighted by atomic mass is 32.2. The first-order chi connectivity index (χ1) is 10.3. The van der Waals surface area contributed by atoms with Crippen LogP contribution in [0.1, 0.15) is 37.3 Å². The van der Waals surface area contributed by atoms with Crippen molar-refractivity contribution < 1.29 is 17.9 Å². The highest BCUT2D eigenvalue weighted by Gasteiger charge is 2.20. The molecule has 2 rings (SSSR count). The number of nitrogens with zero attached hydrogens (tertiary/aromatic N) is 3. The number of esters is 1. The Bertz CT molecular complexity index is 762. The Labute approximate surface area is 127 Å². The third-order valence-electron chi connectivity index (χ3n) is 2.75. The fraction of sp³-hybridized carbons (Fsp3) is 0.417. The summed E-state index contributed by atoms with van der Waals surface area (Å²) in [7, 11) is -3.88. The van der Waals surface area contributed by atoms with Gasteiger partial charge < -0.3 is 14.3 Å². The number of carbonyl (C=O) groups excluding carboxylic acids is 1. The lowest BCUT2D eigenvalue weighted by molar-refractivity contribution is 0.0520. The Morgan fingerprint density at radius 1 is 1.45 bits per heavy atom. The predicted octanol–water partition coefficient (Wildman–Crippen LogP) is 1.16. The molecule has 0 radical (unpaired) electrons. The molecule has 0 unspecified atom stereocenters. The molecule has 0 fully saturated rings. The molecule has 0 saturated carbocycles. The number of aromatic nitrogens is 4. The molecule has 0 amide bonds. The number of anilines is 1. The second kappa shape index (κ2) is 6.18. The van der Waals surface area contributed by atoms with Gasteiger partial charge in [0, 0.05) is 12.2 Å². The zero-order valence-corrected chi connectivity index (χ0v) is 13.2. The summed E-state index contributed by atoms with van der Waals surface area (Å²) in [5, 5.41) is -0.129. The Morgan fingerprint density at radius 2 is 2.18 bits per heavy atom. The molecule has 0 aliphatic carbocycles. The molecule has 2 N–H and O–H groups in total. The van der Waals surface area contributed by atoms with Crippen molar-refractivity contribution in [1.29, 1.82) is 0 Å². The summed E-state index contributed by atoms with van der Waals surface area (Å²) in [6, 6.07) is 0.0930. The van der Waals surface area contributed by atoms with Crippen LogP contribution in [0.4, 0.5) is 5.95 Å². The second-order valence-corrected chi connectivity index (χ2v) is 6.35. The van der Waals surface area contributed by atoms with Crippen molar-refractivity contribution >= 4 is 21.9 Å². The van der Waals surface area contributed by atoms with E-state index < -0.39 is 16.0 Å². The van der Waals surface area contributed by atoms with Crippen LogP contribution in [0.25, 0.3) is 0 Å². The van der Waals surface area contributed by atoms with Gasteiger partial charge in [-0.05, 0) is 20.8 Å². The number of hydrogen-bond donors (Lipinski definition) is 2. The lowest BCUT2D eigenvalue weighted by Crippen LogP contribution is -2.14. The maximum absolute atomic E-state index is 12.2. The molecule has 0 spiro atoms. The van der Waals surface area contributed by atoms with Gasteiger partial charge in [-0.25, -0.2) is 19.5 Å². The minimum Gasteiger partial charge on any atom is -0.461 e. The van der Waals surface area contributed by atoms with E-state index >= 15 is 0 Å². The van der Waals surface area contributed by atoms with Crippen LogP contribution in [0.2, 0.25) is 0 Å². The average Bonchev–Trinajstić information content (AvgIpc) is 3.06. The summed E-state index contributed by atoms with van der Waals surface area (Å²) in [4.78, 5) is 21.7. The number of nitrogens with one attached hydrogen (secondary N) is 2. The van der Waals surface area contributed by atoms with Crippen LogP contribution in [0.15, 0.2) is 23.7 Å². The molecule has 0 aromatic carbocycles. The van der Waals surface area contributed by atoms with Crippen molar-refractivity contribution in [3.05, 3.63) is 24.4 Å². The molecule has 9 nitrogen and oxygen atoms in total. The maximum Gasteiger partial charge on any atom is 0.356 e. The van der Waals surface area contributed by atoms with E-state index in [2.05, 4.69) is 19.7 Å². The zero-order chi connectivity index (χ0) is 16.3. The van der Waals surface area contributed by atoms with Crippen LogP contribution in [-0.2, 0) is 14.8 Å². The molecular formula is C12H17N5O4S. The van der Waals surface area contributed by atoms with Crippen LogP contribution in [0, 0.1) is 0 Å². The summed E-state index contributed by atoms with van der Waals surface area (Å²) in [6.07, 6.45) is 4.05. The monoisotopic (exact) mass is 327 g/mol. The molecular weight excluding hydrogens is 310 g/mol. The van der Waals surface area contributed by atoms with Crippen LogP contribution >= 0.6 is 0 Å². The summed E-state index contributed by atoms with van der Waals surface area (Å²) >= 11 is 0. The minimum atomic E-state index is -3.88. The molecule has 0 atom stereocenters. The summed E-state index contributed by atoms with van der Waals surface area (Å²) in [5.41, 5.74) is 0.0623. The molecule has 0 aliphatic rings. The Kier molecular flexibility index (Phi) is 4.50. The van der Waals surface area contributed by atoms with E-state index in [9.17, 15) is 13.2 Å². The Morgan fingerprint density at radius 3 is 2.77 bits per heavy atom. The van der Waals surface area contributed by atoms with Crippen molar-refractivity contribution in [3.63, 3.8) is 0 Å². The van der Waals surface area contributed by atoms with Crippen molar-refractivity contribution in [3.8, 4) is 0 Å². The highest BCUT2D eigenvalue weighted by molar-refractivity contribution is 7.92. The average molecular weight is 327 g/mol. The molecule has 10 heteroatoms. The standard InChI is InChI=1S/C12H17N5O4S/c1-4-21-11(18)9-5-13-12(15-9)16-22(19,20)10-6-17(7-14-10)8(2)3/h5-8H,4H2,1-3H3,(H2,13,15,16). The van der Waals surface area contributed by atoms with Gasteiger partial charge in [-0.15, -0.1) is 0 Å². The van der Waals surface area contributed by atoms with Crippen LogP contribution < -0.4 is 4.72 Å². The van der Waals surface area contributed by atoms with E-state index in [0.29, 0.717) is 0 Å². The molecule has 2 aromatic rings. The number of imidazole rings is 2. The van der Waals surface area contributed by atoms with Crippen molar-refractivity contribution in [2.24, 2.45) is 0 Å². The molecule has 0 saturated heterocycles. The smallest absolute Gasteiger partial charge is 0.356 e. The van der Waals surface area contributed by atoms with Gasteiger partial charge in [0.25, 0.3) is 10.0 Å². The van der Waals surface area contributed by atoms with Crippen LogP contribution in [0.5, 0.6) is 0 Å². The number of carbonyl (C=O) groups is 1. The Hall–Kier alpha value is -2.36. The Balaban J connectivity index is 2.16. The predicted molar refractivity (Wildman–Crippen MR) is 78.0 cm³/mol. The number of hydrogen-bond acceptors (Lipinski definition) is 6. The molecule has 22 heavy (non-hydrogen) atoms. The molecule has 2 heterocycles. The normalized spacial score (nSPS) is 11.6. The van der Waals surface area contributed by atoms with Gasteiger partial charge in [-0.1, -0.05) is 0 Å². The minimum absolute atomic E-state index is 0.0623. The number of H-pyrrole nitrogens is 1. The van der Waals surface area contributed by atoms with E-state index in [-0.39, 0.29) is 29.3 Å². The first kappa shape index (κ1) is 16.0. The maximum atomic E-state index is 12.2. The number of aromatic amines is 1. The topological polar surface area (TPSA) is 119 Å². The summed E-state index contributed by atoms with van der Waals surface area (Å²) in [6.45, 7) is 5.70. The largest absolute Gasteiger partial charge is 0.461 e. The number of ether oxygens (including phenoxy) is 1. The van der Waals surface area contributed by atoms with Gasteiger partial charge in [0.1, 0.15) is 5.69 Å². The van der Waals surface area contributed by atoms with Gasteiger partial charge in [-0.3, -0.25) is 0 Å². The van der Waals surface area contributed by atoms with Crippen LogP contribution in [0.3, 0.4) is 0 Å². The fourth-order valence-corrected chi connectivity index (χ4v) is 2.51. The van der Waals surface area contributed by atoms with Gasteiger partial charge in [0.05, 0.1) is 19.1 Å². The van der Waals surface area contributed by atoms with Gasteiger partial charge in [0.2, 0.25) is 5.95 Å². The third-order valence-corrected chi connectivity index (χ3v) is 3.98. The fourth-order valence-electron chi connectivity index (χ4n) is 1.60. The van der Waals surface area contributed by atoms with E-state index in [1.165, 1.54) is 18.7 Å². The third kappa shape index (κ3) is 3.45. The molecule has 0 bridgehead atoms.